The van der Waals surface area contributed by atoms with E-state index in [4.69, 9.17) is 0 Å². The van der Waals surface area contributed by atoms with Crippen molar-refractivity contribution in [3.05, 3.63) is 12.3 Å². The predicted molar refractivity (Wildman–Crippen MR) is 70.7 cm³/mol. The van der Waals surface area contributed by atoms with E-state index >= 15 is 0 Å². The second kappa shape index (κ2) is 4.24. The monoisotopic (exact) mass is 247 g/mol. The molecule has 0 spiro atoms. The lowest BCUT2D eigenvalue weighted by molar-refractivity contribution is 0.320. The van der Waals surface area contributed by atoms with E-state index in [9.17, 15) is 0 Å². The Bertz CT molecular complexity index is 425. The smallest absolute Gasteiger partial charge is 0.124 e. The van der Waals surface area contributed by atoms with Crippen molar-refractivity contribution in [1.82, 2.24) is 20.4 Å². The number of fused-ring (bicyclic) bond motifs is 2. The minimum Gasteiger partial charge on any atom is -0.370 e. The summed E-state index contributed by atoms with van der Waals surface area (Å²) in [6, 6.07) is 4.19. The molecule has 3 atom stereocenters. The SMILES string of the molecule is c1cc(NCC2CC3CCC2N3)n(C2CNC2)n1. The zero-order valence-electron chi connectivity index (χ0n) is 10.6. The average molecular weight is 247 g/mol. The fourth-order valence-corrected chi connectivity index (χ4v) is 3.59. The van der Waals surface area contributed by atoms with Crippen LogP contribution in [0, 0.1) is 5.92 Å². The van der Waals surface area contributed by atoms with Crippen LogP contribution < -0.4 is 16.0 Å². The largest absolute Gasteiger partial charge is 0.370 e. The van der Waals surface area contributed by atoms with Crippen molar-refractivity contribution in [3.8, 4) is 0 Å². The van der Waals surface area contributed by atoms with Gasteiger partial charge in [0.25, 0.3) is 0 Å². The molecule has 5 nitrogen and oxygen atoms in total. The number of hydrogen-bond donors (Lipinski definition) is 3. The van der Waals surface area contributed by atoms with Crippen molar-refractivity contribution in [2.45, 2.75) is 37.4 Å². The van der Waals surface area contributed by atoms with Gasteiger partial charge >= 0.3 is 0 Å². The fraction of sp³-hybridized carbons (Fsp3) is 0.769. The van der Waals surface area contributed by atoms with Gasteiger partial charge in [-0.15, -0.1) is 0 Å². The Morgan fingerprint density at radius 3 is 3.00 bits per heavy atom. The number of rotatable bonds is 4. The minimum atomic E-state index is 0.542. The normalized spacial score (nSPS) is 34.8. The van der Waals surface area contributed by atoms with Crippen molar-refractivity contribution in [1.29, 1.82) is 0 Å². The lowest BCUT2D eigenvalue weighted by Gasteiger charge is -2.29. The molecule has 3 fully saturated rings. The van der Waals surface area contributed by atoms with Crippen LogP contribution in [0.1, 0.15) is 25.3 Å². The third-order valence-corrected chi connectivity index (χ3v) is 4.75. The van der Waals surface area contributed by atoms with E-state index < -0.39 is 0 Å². The maximum Gasteiger partial charge on any atom is 0.124 e. The van der Waals surface area contributed by atoms with E-state index in [1.54, 1.807) is 0 Å². The summed E-state index contributed by atoms with van der Waals surface area (Å²) in [5.74, 6) is 1.98. The molecule has 0 aromatic carbocycles. The molecule has 3 aliphatic rings. The molecule has 3 unspecified atom stereocenters. The van der Waals surface area contributed by atoms with E-state index in [-0.39, 0.29) is 0 Å². The lowest BCUT2D eigenvalue weighted by atomic mass is 9.89. The number of nitrogens with zero attached hydrogens (tertiary/aromatic N) is 2. The van der Waals surface area contributed by atoms with Gasteiger partial charge in [-0.2, -0.15) is 5.10 Å². The maximum absolute atomic E-state index is 4.43. The standard InChI is InChI=1S/C13H21N5/c1-2-12-9(5-10(1)17-12)6-15-13-3-4-16-18(13)11-7-14-8-11/h3-4,9-12,14-15,17H,1-2,5-8H2. The van der Waals surface area contributed by atoms with Crippen LogP contribution >= 0.6 is 0 Å². The Hall–Kier alpha value is -1.07. The summed E-state index contributed by atoms with van der Waals surface area (Å²) in [6.45, 7) is 3.18. The van der Waals surface area contributed by atoms with E-state index in [0.717, 1.165) is 37.6 Å². The molecule has 0 aliphatic carbocycles. The van der Waals surface area contributed by atoms with Crippen LogP contribution in [-0.4, -0.2) is 41.5 Å². The Labute approximate surface area is 107 Å². The molecule has 5 heteroatoms. The Balaban J connectivity index is 1.38. The van der Waals surface area contributed by atoms with E-state index in [2.05, 4.69) is 31.8 Å². The molecule has 3 N–H and O–H groups in total. The zero-order chi connectivity index (χ0) is 11.9. The first kappa shape index (κ1) is 10.8. The molecule has 4 rings (SSSR count). The molecule has 98 valence electrons. The molecular formula is C13H21N5. The van der Waals surface area contributed by atoms with Gasteiger partial charge < -0.3 is 16.0 Å². The van der Waals surface area contributed by atoms with Crippen LogP contribution in [0.4, 0.5) is 5.82 Å². The number of hydrogen-bond acceptors (Lipinski definition) is 4. The highest BCUT2D eigenvalue weighted by Crippen LogP contribution is 2.33. The van der Waals surface area contributed by atoms with Crippen molar-refractivity contribution >= 4 is 5.82 Å². The molecule has 0 saturated carbocycles. The quantitative estimate of drug-likeness (QED) is 0.728. The Kier molecular flexibility index (Phi) is 2.55. The topological polar surface area (TPSA) is 53.9 Å². The molecular weight excluding hydrogens is 226 g/mol. The third-order valence-electron chi connectivity index (χ3n) is 4.75. The summed E-state index contributed by atoms with van der Waals surface area (Å²) in [5.41, 5.74) is 0. The predicted octanol–water partition coefficient (Wildman–Crippen LogP) is 0.580. The van der Waals surface area contributed by atoms with Crippen molar-refractivity contribution in [2.24, 2.45) is 5.92 Å². The third kappa shape index (κ3) is 1.73. The zero-order valence-corrected chi connectivity index (χ0v) is 10.6. The number of anilines is 1. The highest BCUT2D eigenvalue weighted by Gasteiger charge is 2.38. The van der Waals surface area contributed by atoms with Gasteiger partial charge in [0.15, 0.2) is 0 Å². The van der Waals surface area contributed by atoms with Crippen LogP contribution in [-0.2, 0) is 0 Å². The molecule has 4 heterocycles. The first-order valence-electron chi connectivity index (χ1n) is 7.14. The molecule has 1 aromatic rings. The molecule has 18 heavy (non-hydrogen) atoms. The van der Waals surface area contributed by atoms with Gasteiger partial charge in [0.1, 0.15) is 5.82 Å². The fourth-order valence-electron chi connectivity index (χ4n) is 3.59. The van der Waals surface area contributed by atoms with Crippen LogP contribution in [0.3, 0.4) is 0 Å². The number of aromatic nitrogens is 2. The summed E-state index contributed by atoms with van der Waals surface area (Å²) in [5, 5.41) is 15.0. The summed E-state index contributed by atoms with van der Waals surface area (Å²) >= 11 is 0. The van der Waals surface area contributed by atoms with Gasteiger partial charge in [0, 0.05) is 37.8 Å². The minimum absolute atomic E-state index is 0.542. The van der Waals surface area contributed by atoms with Gasteiger partial charge in [-0.25, -0.2) is 4.68 Å². The summed E-state index contributed by atoms with van der Waals surface area (Å²) < 4.78 is 2.14. The lowest BCUT2D eigenvalue weighted by Crippen LogP contribution is -2.44. The highest BCUT2D eigenvalue weighted by molar-refractivity contribution is 5.35. The first-order chi connectivity index (χ1) is 8.90. The van der Waals surface area contributed by atoms with Crippen LogP contribution in [0.15, 0.2) is 12.3 Å². The summed E-state index contributed by atoms with van der Waals surface area (Å²) in [4.78, 5) is 0. The Morgan fingerprint density at radius 2 is 2.33 bits per heavy atom. The second-order valence-corrected chi connectivity index (χ2v) is 5.90. The van der Waals surface area contributed by atoms with Gasteiger partial charge in [-0.1, -0.05) is 0 Å². The number of nitrogens with one attached hydrogen (secondary N) is 3. The van der Waals surface area contributed by atoms with Crippen LogP contribution in [0.25, 0.3) is 0 Å². The van der Waals surface area contributed by atoms with E-state index in [0.29, 0.717) is 6.04 Å². The van der Waals surface area contributed by atoms with Crippen LogP contribution in [0.5, 0.6) is 0 Å². The van der Waals surface area contributed by atoms with Gasteiger partial charge in [-0.3, -0.25) is 0 Å². The first-order valence-corrected chi connectivity index (χ1v) is 7.14. The Morgan fingerprint density at radius 1 is 1.39 bits per heavy atom. The van der Waals surface area contributed by atoms with Crippen molar-refractivity contribution in [2.75, 3.05) is 25.0 Å². The van der Waals surface area contributed by atoms with E-state index in [1.807, 2.05) is 6.20 Å². The molecule has 3 aliphatic heterocycles. The van der Waals surface area contributed by atoms with Gasteiger partial charge in [-0.05, 0) is 25.2 Å². The average Bonchev–Trinajstić information content (AvgIpc) is 2.99. The van der Waals surface area contributed by atoms with Crippen LogP contribution in [0.2, 0.25) is 0 Å². The summed E-state index contributed by atoms with van der Waals surface area (Å²) in [7, 11) is 0. The highest BCUT2D eigenvalue weighted by atomic mass is 15.4. The van der Waals surface area contributed by atoms with Crippen molar-refractivity contribution < 1.29 is 0 Å². The molecule has 1 aromatic heterocycles. The van der Waals surface area contributed by atoms with Gasteiger partial charge in [0.2, 0.25) is 0 Å². The second-order valence-electron chi connectivity index (χ2n) is 5.90. The summed E-state index contributed by atoms with van der Waals surface area (Å²) in [6.07, 6.45) is 5.99. The molecule has 0 radical (unpaired) electrons. The van der Waals surface area contributed by atoms with Gasteiger partial charge in [0.05, 0.1) is 12.2 Å². The van der Waals surface area contributed by atoms with Crippen molar-refractivity contribution in [3.63, 3.8) is 0 Å². The molecule has 2 bridgehead atoms. The molecule has 3 saturated heterocycles. The van der Waals surface area contributed by atoms with E-state index in [1.165, 1.54) is 25.1 Å². The molecule has 0 amide bonds. The maximum atomic E-state index is 4.43.